The molecule has 6 amide bonds. The molecule has 140 valence electrons. The number of benzene rings is 2. The van der Waals surface area contributed by atoms with Crippen molar-refractivity contribution in [2.45, 2.75) is 0 Å². The van der Waals surface area contributed by atoms with Crippen molar-refractivity contribution in [1.82, 2.24) is 0 Å². The number of carbonyl (C=O) groups is 3. The number of furan rings is 1. The van der Waals surface area contributed by atoms with Crippen LogP contribution < -0.4 is 44.2 Å². The largest absolute Gasteiger partial charge is 0.454 e. The molecule has 0 radical (unpaired) electrons. The first kappa shape index (κ1) is 17.8. The topological polar surface area (TPSA) is 213 Å². The van der Waals surface area contributed by atoms with E-state index < -0.39 is 18.1 Å². The lowest BCUT2D eigenvalue weighted by Gasteiger charge is -2.22. The predicted octanol–water partition coefficient (Wildman–Crippen LogP) is 0.594. The van der Waals surface area contributed by atoms with E-state index in [-0.39, 0.29) is 22.6 Å². The van der Waals surface area contributed by atoms with Gasteiger partial charge in [-0.3, -0.25) is 0 Å². The summed E-state index contributed by atoms with van der Waals surface area (Å²) in [6.07, 6.45) is 0. The Bertz CT molecular complexity index is 1090. The molecule has 0 saturated heterocycles. The lowest BCUT2D eigenvalue weighted by atomic mass is 10.1. The lowest BCUT2D eigenvalue weighted by Crippen LogP contribution is -2.43. The predicted molar refractivity (Wildman–Crippen MR) is 99.4 cm³/mol. The van der Waals surface area contributed by atoms with E-state index in [0.29, 0.717) is 26.4 Å². The average molecular weight is 372 g/mol. The molecule has 27 heavy (non-hydrogen) atoms. The van der Waals surface area contributed by atoms with Crippen LogP contribution in [-0.2, 0) is 0 Å². The third-order valence-electron chi connectivity index (χ3n) is 3.84. The van der Waals surface area contributed by atoms with E-state index in [1.54, 1.807) is 24.3 Å². The molecule has 3 rings (SSSR count). The number of carbonyl (C=O) groups excluding carboxylic acids is 3. The van der Waals surface area contributed by atoms with Crippen LogP contribution in [0.5, 0.6) is 0 Å². The normalized spacial score (nSPS) is 10.7. The van der Waals surface area contributed by atoms with Gasteiger partial charge in [-0.1, -0.05) is 18.2 Å². The summed E-state index contributed by atoms with van der Waals surface area (Å²) in [5.41, 5.74) is 16.1. The maximum Gasteiger partial charge on any atom is 0.333 e. The molecular weight excluding hydrogens is 356 g/mol. The summed E-state index contributed by atoms with van der Waals surface area (Å²) in [5.74, 6) is 11.5. The zero-order chi connectivity index (χ0) is 19.9. The highest BCUT2D eigenvalue weighted by Crippen LogP contribution is 2.44. The maximum atomic E-state index is 11.7. The summed E-state index contributed by atoms with van der Waals surface area (Å²) in [5, 5.41) is 4.41. The second-order valence-electron chi connectivity index (χ2n) is 5.50. The molecule has 1 heterocycles. The Hall–Kier alpha value is -4.03. The van der Waals surface area contributed by atoms with Crippen LogP contribution in [-0.4, -0.2) is 18.1 Å². The minimum atomic E-state index is -1.03. The molecule has 11 N–H and O–H groups in total. The molecule has 12 heteroatoms. The third-order valence-corrected chi connectivity index (χ3v) is 3.84. The maximum absolute atomic E-state index is 11.7. The van der Waals surface area contributed by atoms with E-state index in [1.165, 1.54) is 6.07 Å². The van der Waals surface area contributed by atoms with Gasteiger partial charge in [0.05, 0.1) is 16.8 Å². The SMILES string of the molecule is NC(=O)Nc1cc(N(N)C(N)=O)c2c(oc3ccccc32)c1N(N)C(N)=O. The highest BCUT2D eigenvalue weighted by molar-refractivity contribution is 6.21. The van der Waals surface area contributed by atoms with Gasteiger partial charge in [0.1, 0.15) is 11.3 Å². The molecule has 12 nitrogen and oxygen atoms in total. The van der Waals surface area contributed by atoms with Crippen LogP contribution in [0.25, 0.3) is 21.9 Å². The lowest BCUT2D eigenvalue weighted by molar-refractivity contribution is 0.253. The number of nitrogens with two attached hydrogens (primary N) is 5. The van der Waals surface area contributed by atoms with Crippen LogP contribution >= 0.6 is 0 Å². The Kier molecular flexibility index (Phi) is 4.19. The molecule has 0 saturated carbocycles. The van der Waals surface area contributed by atoms with Crippen LogP contribution in [0.1, 0.15) is 0 Å². The van der Waals surface area contributed by atoms with Crippen molar-refractivity contribution in [3.05, 3.63) is 30.3 Å². The molecule has 1 aromatic heterocycles. The second-order valence-corrected chi connectivity index (χ2v) is 5.50. The van der Waals surface area contributed by atoms with Gasteiger partial charge in [-0.25, -0.2) is 36.1 Å². The monoisotopic (exact) mass is 372 g/mol. The number of para-hydroxylation sites is 1. The van der Waals surface area contributed by atoms with Gasteiger partial charge >= 0.3 is 18.1 Å². The smallest absolute Gasteiger partial charge is 0.333 e. The number of nitrogens with one attached hydrogen (secondary N) is 1. The first-order valence-electron chi connectivity index (χ1n) is 7.45. The third kappa shape index (κ3) is 2.90. The number of hydrogen-bond acceptors (Lipinski definition) is 6. The first-order valence-corrected chi connectivity index (χ1v) is 7.45. The fraction of sp³-hybridized carbons (Fsp3) is 0. The van der Waals surface area contributed by atoms with Crippen molar-refractivity contribution in [3.8, 4) is 0 Å². The number of hydrogen-bond donors (Lipinski definition) is 6. The number of rotatable bonds is 3. The van der Waals surface area contributed by atoms with Crippen LogP contribution in [0, 0.1) is 0 Å². The number of amides is 6. The van der Waals surface area contributed by atoms with E-state index in [0.717, 1.165) is 0 Å². The van der Waals surface area contributed by atoms with E-state index in [2.05, 4.69) is 5.32 Å². The molecule has 0 bridgehead atoms. The Morgan fingerprint density at radius 2 is 1.59 bits per heavy atom. The van der Waals surface area contributed by atoms with Crippen LogP contribution in [0.15, 0.2) is 34.7 Å². The van der Waals surface area contributed by atoms with Crippen LogP contribution in [0.2, 0.25) is 0 Å². The summed E-state index contributed by atoms with van der Waals surface area (Å²) in [4.78, 5) is 34.7. The molecule has 0 aliphatic carbocycles. The highest BCUT2D eigenvalue weighted by atomic mass is 16.3. The quantitative estimate of drug-likeness (QED) is 0.220. The number of urea groups is 3. The molecule has 0 fully saturated rings. The Labute approximate surface area is 151 Å². The second kappa shape index (κ2) is 6.36. The molecule has 0 aliphatic rings. The number of fused-ring (bicyclic) bond motifs is 3. The van der Waals surface area contributed by atoms with Crippen molar-refractivity contribution < 1.29 is 18.8 Å². The molecule has 0 spiro atoms. The van der Waals surface area contributed by atoms with E-state index >= 15 is 0 Å². The van der Waals surface area contributed by atoms with Crippen LogP contribution in [0.3, 0.4) is 0 Å². The van der Waals surface area contributed by atoms with Gasteiger partial charge in [-0.2, -0.15) is 0 Å². The molecule has 0 unspecified atom stereocenters. The molecular formula is C15H16N8O4. The first-order chi connectivity index (χ1) is 12.7. The molecule has 0 atom stereocenters. The summed E-state index contributed by atoms with van der Waals surface area (Å²) in [6.45, 7) is 0. The zero-order valence-corrected chi connectivity index (χ0v) is 13.8. The molecule has 3 aromatic rings. The highest BCUT2D eigenvalue weighted by Gasteiger charge is 2.27. The van der Waals surface area contributed by atoms with E-state index in [1.807, 2.05) is 0 Å². The standard InChI is InChI=1S/C15H16N8O4/c16-13(24)21-7-5-8(22(19)14(17)25)10-6-3-1-2-4-9(6)27-12(10)11(7)23(20)15(18)26/h1-5H,19-20H2,(H2,17,25)(H2,18,26)(H3,16,21,24). The van der Waals surface area contributed by atoms with Crippen molar-refractivity contribution in [1.29, 1.82) is 0 Å². The summed E-state index contributed by atoms with van der Waals surface area (Å²) < 4.78 is 5.79. The fourth-order valence-electron chi connectivity index (χ4n) is 2.75. The number of nitrogens with zero attached hydrogens (tertiary/aromatic N) is 2. The van der Waals surface area contributed by atoms with Crippen molar-refractivity contribution in [2.24, 2.45) is 28.9 Å². The fourth-order valence-corrected chi connectivity index (χ4v) is 2.75. The van der Waals surface area contributed by atoms with Gasteiger partial charge in [0.2, 0.25) is 0 Å². The summed E-state index contributed by atoms with van der Waals surface area (Å²) in [7, 11) is 0. The average Bonchev–Trinajstić information content (AvgIpc) is 2.98. The van der Waals surface area contributed by atoms with Gasteiger partial charge in [0, 0.05) is 5.39 Å². The number of hydrazine groups is 2. The zero-order valence-electron chi connectivity index (χ0n) is 13.8. The number of anilines is 3. The van der Waals surface area contributed by atoms with Gasteiger partial charge in [0.25, 0.3) is 0 Å². The Morgan fingerprint density at radius 1 is 0.963 bits per heavy atom. The van der Waals surface area contributed by atoms with Gasteiger partial charge in [0.15, 0.2) is 5.58 Å². The van der Waals surface area contributed by atoms with Gasteiger partial charge in [-0.05, 0) is 12.1 Å². The van der Waals surface area contributed by atoms with Gasteiger partial charge in [-0.15, -0.1) is 0 Å². The Morgan fingerprint density at radius 3 is 2.19 bits per heavy atom. The minimum Gasteiger partial charge on any atom is -0.454 e. The van der Waals surface area contributed by atoms with Gasteiger partial charge < -0.3 is 26.9 Å². The van der Waals surface area contributed by atoms with Crippen LogP contribution in [0.4, 0.5) is 31.4 Å². The minimum absolute atomic E-state index is 0.0375. The van der Waals surface area contributed by atoms with Crippen molar-refractivity contribution >= 4 is 57.1 Å². The van der Waals surface area contributed by atoms with Crippen molar-refractivity contribution in [2.75, 3.05) is 15.3 Å². The van der Waals surface area contributed by atoms with E-state index in [9.17, 15) is 14.4 Å². The van der Waals surface area contributed by atoms with E-state index in [4.69, 9.17) is 33.3 Å². The number of primary amides is 3. The summed E-state index contributed by atoms with van der Waals surface area (Å²) >= 11 is 0. The Balaban J connectivity index is 2.51. The molecule has 0 aliphatic heterocycles. The van der Waals surface area contributed by atoms with Crippen molar-refractivity contribution in [3.63, 3.8) is 0 Å². The molecule has 2 aromatic carbocycles. The summed E-state index contributed by atoms with van der Waals surface area (Å²) in [6, 6.07) is 5.12.